The summed E-state index contributed by atoms with van der Waals surface area (Å²) in [4.78, 5) is 29.4. The van der Waals surface area contributed by atoms with Crippen LogP contribution in [0.25, 0.3) is 10.9 Å². The maximum Gasteiger partial charge on any atom is 0.245 e. The van der Waals surface area contributed by atoms with E-state index in [4.69, 9.17) is 0 Å². The molecule has 23 heavy (non-hydrogen) atoms. The van der Waals surface area contributed by atoms with Crippen LogP contribution in [-0.4, -0.2) is 52.3 Å². The van der Waals surface area contributed by atoms with Gasteiger partial charge in [-0.3, -0.25) is 9.59 Å². The summed E-state index contributed by atoms with van der Waals surface area (Å²) in [6.07, 6.45) is 2.44. The van der Waals surface area contributed by atoms with Gasteiger partial charge in [-0.1, -0.05) is 18.2 Å². The molecule has 1 atom stereocenters. The standard InChI is InChI=1S/C17H21N3O2S/c1-12(21)19-16(17(22)20-6-8-23-9-7-20)10-13-11-18-15-5-3-2-4-14(13)15/h2-5,11,16,18H,6-10H2,1H3,(H,19,21)/t16-/m0/s1. The number of nitrogens with one attached hydrogen (secondary N) is 2. The summed E-state index contributed by atoms with van der Waals surface area (Å²) in [6.45, 7) is 2.97. The number of H-pyrrole nitrogens is 1. The number of carbonyl (C=O) groups is 2. The predicted octanol–water partition coefficient (Wildman–Crippen LogP) is 1.79. The van der Waals surface area contributed by atoms with Crippen LogP contribution in [0.15, 0.2) is 30.5 Å². The second-order valence-corrected chi connectivity index (χ2v) is 6.98. The number of rotatable bonds is 4. The zero-order valence-corrected chi connectivity index (χ0v) is 14.0. The number of thioether (sulfide) groups is 1. The molecule has 2 heterocycles. The number of nitrogens with zero attached hydrogens (tertiary/aromatic N) is 1. The SMILES string of the molecule is CC(=O)N[C@@H](Cc1c[nH]c2ccccc12)C(=O)N1CCSCC1. The first-order chi connectivity index (χ1) is 11.1. The summed E-state index contributed by atoms with van der Waals surface area (Å²) < 4.78 is 0. The first-order valence-electron chi connectivity index (χ1n) is 7.84. The van der Waals surface area contributed by atoms with Crippen molar-refractivity contribution >= 4 is 34.5 Å². The van der Waals surface area contributed by atoms with Crippen molar-refractivity contribution in [3.63, 3.8) is 0 Å². The molecule has 2 aromatic rings. The van der Waals surface area contributed by atoms with Crippen molar-refractivity contribution in [3.05, 3.63) is 36.0 Å². The summed E-state index contributed by atoms with van der Waals surface area (Å²) in [5.74, 6) is 1.78. The minimum absolute atomic E-state index is 0.0192. The minimum atomic E-state index is -0.505. The molecule has 1 aromatic heterocycles. The fourth-order valence-electron chi connectivity index (χ4n) is 2.97. The molecule has 3 rings (SSSR count). The largest absolute Gasteiger partial charge is 0.361 e. The maximum atomic E-state index is 12.8. The van der Waals surface area contributed by atoms with Crippen LogP contribution < -0.4 is 5.32 Å². The lowest BCUT2D eigenvalue weighted by molar-refractivity contribution is -0.135. The second-order valence-electron chi connectivity index (χ2n) is 5.75. The number of amides is 2. The lowest BCUT2D eigenvalue weighted by Crippen LogP contribution is -2.51. The van der Waals surface area contributed by atoms with E-state index in [9.17, 15) is 9.59 Å². The molecule has 1 saturated heterocycles. The molecule has 1 fully saturated rings. The molecular formula is C17H21N3O2S. The zero-order chi connectivity index (χ0) is 16.2. The molecule has 0 aliphatic carbocycles. The smallest absolute Gasteiger partial charge is 0.245 e. The van der Waals surface area contributed by atoms with Crippen LogP contribution in [0.3, 0.4) is 0 Å². The molecule has 1 aliphatic heterocycles. The Morgan fingerprint density at radius 3 is 2.78 bits per heavy atom. The van der Waals surface area contributed by atoms with Crippen LogP contribution in [-0.2, 0) is 16.0 Å². The molecule has 1 aromatic carbocycles. The van der Waals surface area contributed by atoms with E-state index in [2.05, 4.69) is 10.3 Å². The van der Waals surface area contributed by atoms with Gasteiger partial charge < -0.3 is 15.2 Å². The fourth-order valence-corrected chi connectivity index (χ4v) is 3.87. The highest BCUT2D eigenvalue weighted by atomic mass is 32.2. The molecule has 1 aliphatic rings. The number of para-hydroxylation sites is 1. The van der Waals surface area contributed by atoms with Gasteiger partial charge in [0.1, 0.15) is 6.04 Å². The van der Waals surface area contributed by atoms with E-state index in [-0.39, 0.29) is 11.8 Å². The van der Waals surface area contributed by atoms with Gasteiger partial charge in [0.25, 0.3) is 0 Å². The Morgan fingerprint density at radius 2 is 2.04 bits per heavy atom. The molecule has 0 saturated carbocycles. The molecular weight excluding hydrogens is 310 g/mol. The number of benzene rings is 1. The van der Waals surface area contributed by atoms with E-state index in [0.29, 0.717) is 6.42 Å². The molecule has 6 heteroatoms. The van der Waals surface area contributed by atoms with Gasteiger partial charge in [0, 0.05) is 55.0 Å². The third kappa shape index (κ3) is 3.69. The molecule has 0 unspecified atom stereocenters. The van der Waals surface area contributed by atoms with Crippen molar-refractivity contribution in [1.29, 1.82) is 0 Å². The number of hydrogen-bond donors (Lipinski definition) is 2. The van der Waals surface area contributed by atoms with Crippen molar-refractivity contribution in [1.82, 2.24) is 15.2 Å². The molecule has 2 N–H and O–H groups in total. The van der Waals surface area contributed by atoms with Gasteiger partial charge in [-0.25, -0.2) is 0 Å². The Balaban J connectivity index is 1.81. The summed E-state index contributed by atoms with van der Waals surface area (Å²) >= 11 is 1.86. The average molecular weight is 331 g/mol. The van der Waals surface area contributed by atoms with Crippen molar-refractivity contribution in [2.75, 3.05) is 24.6 Å². The molecule has 122 valence electrons. The van der Waals surface area contributed by atoms with Gasteiger partial charge in [0.2, 0.25) is 11.8 Å². The normalized spacial score (nSPS) is 16.3. The third-order valence-corrected chi connectivity index (χ3v) is 5.04. The van der Waals surface area contributed by atoms with Crippen LogP contribution in [0.5, 0.6) is 0 Å². The summed E-state index contributed by atoms with van der Waals surface area (Å²) in [5.41, 5.74) is 2.10. The Bertz CT molecular complexity index is 707. The lowest BCUT2D eigenvalue weighted by atomic mass is 10.0. The van der Waals surface area contributed by atoms with Gasteiger partial charge in [-0.2, -0.15) is 11.8 Å². The van der Waals surface area contributed by atoms with E-state index >= 15 is 0 Å². The first-order valence-corrected chi connectivity index (χ1v) is 8.99. The van der Waals surface area contributed by atoms with Crippen LogP contribution in [0, 0.1) is 0 Å². The third-order valence-electron chi connectivity index (χ3n) is 4.10. The Labute approximate surface area is 139 Å². The average Bonchev–Trinajstić information content (AvgIpc) is 2.97. The number of hydrogen-bond acceptors (Lipinski definition) is 3. The van der Waals surface area contributed by atoms with Gasteiger partial charge in [0.15, 0.2) is 0 Å². The first kappa shape index (κ1) is 15.9. The Kier molecular flexibility index (Phi) is 4.91. The van der Waals surface area contributed by atoms with Gasteiger partial charge in [-0.15, -0.1) is 0 Å². The van der Waals surface area contributed by atoms with Gasteiger partial charge in [-0.05, 0) is 11.6 Å². The number of aromatic amines is 1. The van der Waals surface area contributed by atoms with Crippen molar-refractivity contribution in [3.8, 4) is 0 Å². The highest BCUT2D eigenvalue weighted by Crippen LogP contribution is 2.20. The van der Waals surface area contributed by atoms with Crippen molar-refractivity contribution in [2.24, 2.45) is 0 Å². The van der Waals surface area contributed by atoms with E-state index in [1.165, 1.54) is 6.92 Å². The van der Waals surface area contributed by atoms with Gasteiger partial charge >= 0.3 is 0 Å². The lowest BCUT2D eigenvalue weighted by Gasteiger charge is -2.30. The quantitative estimate of drug-likeness (QED) is 0.898. The molecule has 0 radical (unpaired) electrons. The Morgan fingerprint density at radius 1 is 1.30 bits per heavy atom. The summed E-state index contributed by atoms with van der Waals surface area (Å²) in [7, 11) is 0. The number of fused-ring (bicyclic) bond motifs is 1. The van der Waals surface area contributed by atoms with E-state index in [0.717, 1.165) is 41.1 Å². The van der Waals surface area contributed by atoms with Crippen molar-refractivity contribution in [2.45, 2.75) is 19.4 Å². The predicted molar refractivity (Wildman–Crippen MR) is 93.5 cm³/mol. The summed E-state index contributed by atoms with van der Waals surface area (Å²) in [6, 6.07) is 7.50. The van der Waals surface area contributed by atoms with Crippen LogP contribution >= 0.6 is 11.8 Å². The van der Waals surface area contributed by atoms with Crippen LogP contribution in [0.4, 0.5) is 0 Å². The monoisotopic (exact) mass is 331 g/mol. The highest BCUT2D eigenvalue weighted by molar-refractivity contribution is 7.99. The zero-order valence-electron chi connectivity index (χ0n) is 13.2. The maximum absolute atomic E-state index is 12.8. The highest BCUT2D eigenvalue weighted by Gasteiger charge is 2.27. The minimum Gasteiger partial charge on any atom is -0.361 e. The second kappa shape index (κ2) is 7.08. The van der Waals surface area contributed by atoms with E-state index in [1.54, 1.807) is 0 Å². The van der Waals surface area contributed by atoms with E-state index in [1.807, 2.05) is 47.1 Å². The summed E-state index contributed by atoms with van der Waals surface area (Å²) in [5, 5.41) is 3.93. The van der Waals surface area contributed by atoms with Crippen LogP contribution in [0.1, 0.15) is 12.5 Å². The van der Waals surface area contributed by atoms with E-state index < -0.39 is 6.04 Å². The molecule has 5 nitrogen and oxygen atoms in total. The fraction of sp³-hybridized carbons (Fsp3) is 0.412. The van der Waals surface area contributed by atoms with Gasteiger partial charge in [0.05, 0.1) is 0 Å². The Hall–Kier alpha value is -1.95. The molecule has 0 spiro atoms. The molecule has 2 amide bonds. The van der Waals surface area contributed by atoms with Crippen molar-refractivity contribution < 1.29 is 9.59 Å². The topological polar surface area (TPSA) is 65.2 Å². The number of carbonyl (C=O) groups excluding carboxylic acids is 2. The van der Waals surface area contributed by atoms with Crippen LogP contribution in [0.2, 0.25) is 0 Å². The molecule has 0 bridgehead atoms. The number of aromatic nitrogens is 1.